The van der Waals surface area contributed by atoms with E-state index >= 15 is 0 Å². The molecule has 1 unspecified atom stereocenters. The monoisotopic (exact) mass is 242 g/mol. The molecule has 0 spiro atoms. The Kier molecular flexibility index (Phi) is 5.12. The highest BCUT2D eigenvalue weighted by Crippen LogP contribution is 2.18. The molecule has 0 N–H and O–H groups in total. The van der Waals surface area contributed by atoms with E-state index in [9.17, 15) is 4.79 Å². The zero-order valence-electron chi connectivity index (χ0n) is 9.40. The Morgan fingerprint density at radius 2 is 1.88 bits per heavy atom. The van der Waals surface area contributed by atoms with Crippen molar-refractivity contribution in [1.82, 2.24) is 0 Å². The number of carbonyl (C=O) groups is 1. The van der Waals surface area contributed by atoms with Gasteiger partial charge in [0.05, 0.1) is 12.5 Å². The molecular weight excluding hydrogens is 228 g/mol. The van der Waals surface area contributed by atoms with E-state index in [1.165, 1.54) is 0 Å². The second kappa shape index (κ2) is 6.38. The molecule has 0 fully saturated rings. The maximum absolute atomic E-state index is 11.2. The number of alkyl halides is 1. The van der Waals surface area contributed by atoms with Gasteiger partial charge in [-0.2, -0.15) is 0 Å². The normalized spacial score (nSPS) is 11.9. The van der Waals surface area contributed by atoms with Crippen LogP contribution in [-0.4, -0.2) is 24.4 Å². The third-order valence-corrected chi connectivity index (χ3v) is 2.30. The fourth-order valence-electron chi connectivity index (χ4n) is 1.16. The summed E-state index contributed by atoms with van der Waals surface area (Å²) in [6.45, 7) is 4.23. The Hall–Kier alpha value is -1.22. The largest absolute Gasteiger partial charge is 0.494 e. The molecule has 1 aromatic carbocycles. The van der Waals surface area contributed by atoms with Crippen molar-refractivity contribution in [3.05, 3.63) is 24.3 Å². The van der Waals surface area contributed by atoms with Gasteiger partial charge in [0.1, 0.15) is 11.5 Å². The Balaban J connectivity index is 2.58. The summed E-state index contributed by atoms with van der Waals surface area (Å²) in [5, 5.41) is 0. The molecule has 0 aromatic heterocycles. The third-order valence-electron chi connectivity index (χ3n) is 2.03. The first-order chi connectivity index (χ1) is 7.67. The minimum absolute atomic E-state index is 0.0296. The summed E-state index contributed by atoms with van der Waals surface area (Å²) in [5.74, 6) is 1.26. The first kappa shape index (κ1) is 12.8. The summed E-state index contributed by atoms with van der Waals surface area (Å²) in [5.41, 5.74) is 0. The molecule has 0 aliphatic heterocycles. The number of hydrogen-bond acceptors (Lipinski definition) is 3. The molecule has 16 heavy (non-hydrogen) atoms. The average Bonchev–Trinajstić information content (AvgIpc) is 2.31. The summed E-state index contributed by atoms with van der Waals surface area (Å²) < 4.78 is 10.7. The zero-order valence-corrected chi connectivity index (χ0v) is 10.2. The third kappa shape index (κ3) is 3.74. The van der Waals surface area contributed by atoms with Crippen LogP contribution in [0, 0.1) is 0 Å². The minimum Gasteiger partial charge on any atom is -0.494 e. The lowest BCUT2D eigenvalue weighted by Crippen LogP contribution is -2.24. The summed E-state index contributed by atoms with van der Waals surface area (Å²) >= 11 is 5.43. The van der Waals surface area contributed by atoms with E-state index in [1.807, 2.05) is 6.92 Å². The molecule has 0 heterocycles. The first-order valence-corrected chi connectivity index (χ1v) is 5.69. The zero-order chi connectivity index (χ0) is 12.0. The van der Waals surface area contributed by atoms with E-state index in [0.29, 0.717) is 12.4 Å². The number of carbonyl (C=O) groups excluding carboxylic acids is 1. The van der Waals surface area contributed by atoms with Crippen molar-refractivity contribution in [2.45, 2.75) is 20.0 Å². The van der Waals surface area contributed by atoms with Crippen LogP contribution in [-0.2, 0) is 4.79 Å². The molecule has 0 amide bonds. The number of Topliss-reactive ketones (excluding diaryl/α,β-unsaturated/α-hetero) is 1. The summed E-state index contributed by atoms with van der Waals surface area (Å²) in [6.07, 6.45) is -0.518. The van der Waals surface area contributed by atoms with Gasteiger partial charge in [-0.1, -0.05) is 0 Å². The van der Waals surface area contributed by atoms with Crippen LogP contribution in [0.2, 0.25) is 0 Å². The van der Waals surface area contributed by atoms with Gasteiger partial charge in [-0.25, -0.2) is 0 Å². The highest BCUT2D eigenvalue weighted by molar-refractivity contribution is 6.28. The molecule has 4 heteroatoms. The fourth-order valence-corrected chi connectivity index (χ4v) is 1.38. The van der Waals surface area contributed by atoms with Crippen molar-refractivity contribution in [3.63, 3.8) is 0 Å². The number of ether oxygens (including phenoxy) is 2. The summed E-state index contributed by atoms with van der Waals surface area (Å²) in [6, 6.07) is 7.14. The maximum Gasteiger partial charge on any atom is 0.187 e. The van der Waals surface area contributed by atoms with Crippen LogP contribution in [0.25, 0.3) is 0 Å². The van der Waals surface area contributed by atoms with E-state index in [2.05, 4.69) is 0 Å². The molecule has 0 aliphatic carbocycles. The van der Waals surface area contributed by atoms with Crippen molar-refractivity contribution >= 4 is 17.4 Å². The second-order valence-electron chi connectivity index (χ2n) is 3.26. The van der Waals surface area contributed by atoms with Crippen LogP contribution in [0.3, 0.4) is 0 Å². The number of halogens is 1. The van der Waals surface area contributed by atoms with Crippen LogP contribution in [0.4, 0.5) is 0 Å². The number of hydrogen-bond donors (Lipinski definition) is 0. The van der Waals surface area contributed by atoms with Crippen molar-refractivity contribution < 1.29 is 14.3 Å². The SMILES string of the molecule is CCOc1ccc(OC(C)C(=O)CCl)cc1. The Labute approximate surface area is 100 Å². The van der Waals surface area contributed by atoms with Gasteiger partial charge >= 0.3 is 0 Å². The Morgan fingerprint density at radius 1 is 1.31 bits per heavy atom. The van der Waals surface area contributed by atoms with Crippen molar-refractivity contribution in [2.75, 3.05) is 12.5 Å². The predicted octanol–water partition coefficient (Wildman–Crippen LogP) is 2.66. The Bertz CT molecular complexity index is 335. The summed E-state index contributed by atoms with van der Waals surface area (Å²) in [7, 11) is 0. The van der Waals surface area contributed by atoms with Gasteiger partial charge < -0.3 is 9.47 Å². The number of ketones is 1. The van der Waals surface area contributed by atoms with Crippen LogP contribution in [0.15, 0.2) is 24.3 Å². The molecule has 0 saturated carbocycles. The van der Waals surface area contributed by atoms with Crippen molar-refractivity contribution in [1.29, 1.82) is 0 Å². The van der Waals surface area contributed by atoms with Crippen molar-refractivity contribution in [2.24, 2.45) is 0 Å². The van der Waals surface area contributed by atoms with E-state index < -0.39 is 6.10 Å². The van der Waals surface area contributed by atoms with Gasteiger partial charge in [-0.05, 0) is 38.1 Å². The molecule has 0 aliphatic rings. The van der Waals surface area contributed by atoms with E-state index in [-0.39, 0.29) is 11.7 Å². The molecule has 1 atom stereocenters. The lowest BCUT2D eigenvalue weighted by molar-refractivity contribution is -0.122. The van der Waals surface area contributed by atoms with Crippen LogP contribution < -0.4 is 9.47 Å². The van der Waals surface area contributed by atoms with Gasteiger partial charge in [-0.3, -0.25) is 4.79 Å². The van der Waals surface area contributed by atoms with Crippen molar-refractivity contribution in [3.8, 4) is 11.5 Å². The quantitative estimate of drug-likeness (QED) is 0.720. The molecular formula is C12H15ClO3. The van der Waals surface area contributed by atoms with Crippen LogP contribution >= 0.6 is 11.6 Å². The standard InChI is InChI=1S/C12H15ClO3/c1-3-15-10-4-6-11(7-5-10)16-9(2)12(14)8-13/h4-7,9H,3,8H2,1-2H3. The van der Waals surface area contributed by atoms with Gasteiger partial charge in [0.15, 0.2) is 11.9 Å². The molecule has 0 bridgehead atoms. The van der Waals surface area contributed by atoms with Gasteiger partial charge in [0.2, 0.25) is 0 Å². The van der Waals surface area contributed by atoms with Crippen LogP contribution in [0.1, 0.15) is 13.8 Å². The molecule has 3 nitrogen and oxygen atoms in total. The predicted molar refractivity (Wildman–Crippen MR) is 63.4 cm³/mol. The van der Waals surface area contributed by atoms with Gasteiger partial charge in [-0.15, -0.1) is 11.6 Å². The molecule has 1 rings (SSSR count). The lowest BCUT2D eigenvalue weighted by Gasteiger charge is -2.12. The fraction of sp³-hybridized carbons (Fsp3) is 0.417. The first-order valence-electron chi connectivity index (χ1n) is 5.15. The van der Waals surface area contributed by atoms with Crippen LogP contribution in [0.5, 0.6) is 11.5 Å². The second-order valence-corrected chi connectivity index (χ2v) is 3.53. The van der Waals surface area contributed by atoms with E-state index in [1.54, 1.807) is 31.2 Å². The number of rotatable bonds is 6. The average molecular weight is 243 g/mol. The molecule has 1 aromatic rings. The highest BCUT2D eigenvalue weighted by atomic mass is 35.5. The number of benzene rings is 1. The molecule has 0 radical (unpaired) electrons. The smallest absolute Gasteiger partial charge is 0.187 e. The maximum atomic E-state index is 11.2. The highest BCUT2D eigenvalue weighted by Gasteiger charge is 2.12. The molecule has 88 valence electrons. The van der Waals surface area contributed by atoms with E-state index in [4.69, 9.17) is 21.1 Å². The topological polar surface area (TPSA) is 35.5 Å². The van der Waals surface area contributed by atoms with E-state index in [0.717, 1.165) is 5.75 Å². The van der Waals surface area contributed by atoms with Gasteiger partial charge in [0, 0.05) is 0 Å². The summed E-state index contributed by atoms with van der Waals surface area (Å²) in [4.78, 5) is 11.2. The minimum atomic E-state index is -0.518. The molecule has 0 saturated heterocycles. The lowest BCUT2D eigenvalue weighted by atomic mass is 10.3. The Morgan fingerprint density at radius 3 is 2.38 bits per heavy atom. The van der Waals surface area contributed by atoms with Gasteiger partial charge in [0.25, 0.3) is 0 Å².